The molecule has 0 spiro atoms. The van der Waals surface area contributed by atoms with E-state index in [0.717, 1.165) is 10.2 Å². The molecule has 180 valence electrons. The molecular formula is C20H25N3O8S2. The van der Waals surface area contributed by atoms with Gasteiger partial charge in [-0.25, -0.2) is 14.6 Å². The molecule has 0 saturated heterocycles. The van der Waals surface area contributed by atoms with Crippen molar-refractivity contribution in [2.75, 3.05) is 6.61 Å². The molecule has 6 N–H and O–H groups in total. The first-order valence-corrected chi connectivity index (χ1v) is 11.6. The molecule has 1 unspecified atom stereocenters. The van der Waals surface area contributed by atoms with Crippen molar-refractivity contribution in [3.8, 4) is 0 Å². The maximum atomic E-state index is 11.5. The van der Waals surface area contributed by atoms with Crippen LogP contribution in [0.4, 0.5) is 9.59 Å². The van der Waals surface area contributed by atoms with E-state index in [1.807, 2.05) is 24.3 Å². The third-order valence-electron chi connectivity index (χ3n) is 4.80. The number of primary amides is 2. The van der Waals surface area contributed by atoms with Crippen molar-refractivity contribution in [1.82, 2.24) is 4.98 Å². The molecule has 1 atom stereocenters. The summed E-state index contributed by atoms with van der Waals surface area (Å²) in [5, 5.41) is 18.3. The Morgan fingerprint density at radius 2 is 1.64 bits per heavy atom. The van der Waals surface area contributed by atoms with Crippen LogP contribution in [0.15, 0.2) is 28.6 Å². The van der Waals surface area contributed by atoms with Crippen molar-refractivity contribution in [1.29, 1.82) is 0 Å². The van der Waals surface area contributed by atoms with Gasteiger partial charge < -0.3 is 31.2 Å². The van der Waals surface area contributed by atoms with E-state index in [9.17, 15) is 24.3 Å². The number of nitrogens with zero attached hydrogens (tertiary/aromatic N) is 1. The molecule has 0 radical (unpaired) electrons. The lowest BCUT2D eigenvalue weighted by atomic mass is 9.89. The number of thioether (sulfide) groups is 1. The molecule has 0 fully saturated rings. The Kier molecular flexibility index (Phi) is 9.73. The summed E-state index contributed by atoms with van der Waals surface area (Å²) in [5.41, 5.74) is 11.3. The highest BCUT2D eigenvalue weighted by atomic mass is 32.2. The highest BCUT2D eigenvalue weighted by Gasteiger charge is 2.44. The number of aromatic nitrogens is 1. The number of hydrogen-bond donors (Lipinski definition) is 4. The summed E-state index contributed by atoms with van der Waals surface area (Å²) < 4.78 is 10.1. The molecule has 1 heterocycles. The van der Waals surface area contributed by atoms with Gasteiger partial charge >= 0.3 is 12.3 Å². The lowest BCUT2D eigenvalue weighted by Gasteiger charge is -2.38. The number of carbonyl (C=O) groups is 4. The first-order valence-electron chi connectivity index (χ1n) is 9.98. The number of ether oxygens (including phenoxy) is 2. The molecule has 0 aliphatic rings. The summed E-state index contributed by atoms with van der Waals surface area (Å²) in [7, 11) is 0. The average molecular weight is 500 g/mol. The minimum atomic E-state index is -1.62. The molecule has 0 aliphatic carbocycles. The SMILES string of the molecule is NC(=O)CCCC(CCCC(N)=O)(Sc1nc2ccccc2s1)C(COC(=O)O)OC(=O)O. The van der Waals surface area contributed by atoms with Gasteiger partial charge in [-0.2, -0.15) is 0 Å². The maximum Gasteiger partial charge on any atom is 0.506 e. The molecule has 2 amide bonds. The van der Waals surface area contributed by atoms with E-state index in [1.165, 1.54) is 23.1 Å². The zero-order valence-electron chi connectivity index (χ0n) is 17.6. The minimum Gasteiger partial charge on any atom is -0.450 e. The van der Waals surface area contributed by atoms with Gasteiger partial charge in [0, 0.05) is 12.8 Å². The van der Waals surface area contributed by atoms with Gasteiger partial charge in [0.1, 0.15) is 6.61 Å². The Hall–Kier alpha value is -3.06. The number of thiazole rings is 1. The number of amides is 2. The van der Waals surface area contributed by atoms with Gasteiger partial charge in [-0.15, -0.1) is 11.3 Å². The van der Waals surface area contributed by atoms with Gasteiger partial charge in [-0.1, -0.05) is 23.9 Å². The fourth-order valence-electron chi connectivity index (χ4n) is 3.37. The van der Waals surface area contributed by atoms with E-state index in [-0.39, 0.29) is 38.5 Å². The summed E-state index contributed by atoms with van der Waals surface area (Å²) in [4.78, 5) is 49.8. The summed E-state index contributed by atoms with van der Waals surface area (Å²) in [6.45, 7) is -0.577. The van der Waals surface area contributed by atoms with Crippen molar-refractivity contribution in [3.05, 3.63) is 24.3 Å². The number of carboxylic acid groups (broad SMARTS) is 2. The average Bonchev–Trinajstić information content (AvgIpc) is 3.12. The normalized spacial score (nSPS) is 12.2. The number of rotatable bonds is 14. The second-order valence-electron chi connectivity index (χ2n) is 7.20. The van der Waals surface area contributed by atoms with Crippen LogP contribution in [0.1, 0.15) is 38.5 Å². The molecule has 1 aromatic carbocycles. The standard InChI is InChI=1S/C20H25N3O8S2/c21-15(24)7-3-9-20(10-4-8-16(22)25,14(31-19(28)29)11-30-18(26)27)33-17-23-12-5-1-2-6-13(12)32-17/h1-2,5-6,14H,3-4,7-11H2,(H2,21,24)(H2,22,25)(H,26,27)(H,28,29). The van der Waals surface area contributed by atoms with E-state index in [1.54, 1.807) is 0 Å². The van der Waals surface area contributed by atoms with Gasteiger partial charge in [0.25, 0.3) is 0 Å². The Bertz CT molecular complexity index is 944. The van der Waals surface area contributed by atoms with E-state index < -0.39 is 41.6 Å². The minimum absolute atomic E-state index is 0.0254. The third kappa shape index (κ3) is 8.42. The Morgan fingerprint density at radius 1 is 1.03 bits per heavy atom. The van der Waals surface area contributed by atoms with Gasteiger partial charge in [-0.05, 0) is 37.8 Å². The fraction of sp³-hybridized carbons (Fsp3) is 0.450. The summed E-state index contributed by atoms with van der Waals surface area (Å²) in [6.07, 6.45) is -3.42. The number of nitrogens with two attached hydrogens (primary N) is 2. The molecule has 2 rings (SSSR count). The Balaban J connectivity index is 2.47. The maximum absolute atomic E-state index is 11.5. The number of para-hydroxylation sites is 1. The Labute approximate surface area is 197 Å². The van der Waals surface area contributed by atoms with Crippen molar-refractivity contribution in [2.24, 2.45) is 11.5 Å². The number of fused-ring (bicyclic) bond motifs is 1. The summed E-state index contributed by atoms with van der Waals surface area (Å²) in [6, 6.07) is 7.41. The van der Waals surface area contributed by atoms with Gasteiger partial charge in [0.15, 0.2) is 10.4 Å². The van der Waals surface area contributed by atoms with E-state index >= 15 is 0 Å². The van der Waals surface area contributed by atoms with Crippen LogP contribution >= 0.6 is 23.1 Å². The number of carbonyl (C=O) groups excluding carboxylic acids is 2. The van der Waals surface area contributed by atoms with Crippen molar-refractivity contribution < 1.29 is 38.9 Å². The second-order valence-corrected chi connectivity index (χ2v) is 9.90. The number of hydrogen-bond acceptors (Lipinski definition) is 9. The monoisotopic (exact) mass is 499 g/mol. The predicted octanol–water partition coefficient (Wildman–Crippen LogP) is 3.20. The van der Waals surface area contributed by atoms with Gasteiger partial charge in [0.05, 0.1) is 15.0 Å². The number of benzene rings is 1. The van der Waals surface area contributed by atoms with Crippen LogP contribution in [-0.4, -0.2) is 56.8 Å². The summed E-state index contributed by atoms with van der Waals surface area (Å²) >= 11 is 2.58. The molecule has 0 saturated carbocycles. The molecule has 2 aromatic rings. The first-order chi connectivity index (χ1) is 15.6. The lowest BCUT2D eigenvalue weighted by Crippen LogP contribution is -2.46. The first kappa shape index (κ1) is 26.2. The van der Waals surface area contributed by atoms with Crippen LogP contribution in [0.3, 0.4) is 0 Å². The summed E-state index contributed by atoms with van der Waals surface area (Å²) in [5.74, 6) is -1.08. The van der Waals surface area contributed by atoms with E-state index in [2.05, 4.69) is 9.72 Å². The van der Waals surface area contributed by atoms with Crippen molar-refractivity contribution >= 4 is 57.4 Å². The largest absolute Gasteiger partial charge is 0.506 e. The zero-order valence-corrected chi connectivity index (χ0v) is 19.2. The predicted molar refractivity (Wildman–Crippen MR) is 121 cm³/mol. The molecule has 1 aromatic heterocycles. The van der Waals surface area contributed by atoms with Crippen LogP contribution in [0.5, 0.6) is 0 Å². The molecule has 0 aliphatic heterocycles. The Morgan fingerprint density at radius 3 is 2.15 bits per heavy atom. The smallest absolute Gasteiger partial charge is 0.450 e. The second kappa shape index (κ2) is 12.3. The topological polar surface area (TPSA) is 192 Å². The third-order valence-corrected chi connectivity index (χ3v) is 7.47. The van der Waals surface area contributed by atoms with Crippen LogP contribution in [-0.2, 0) is 19.1 Å². The van der Waals surface area contributed by atoms with Gasteiger partial charge in [-0.3, -0.25) is 9.59 Å². The van der Waals surface area contributed by atoms with Crippen molar-refractivity contribution in [3.63, 3.8) is 0 Å². The molecule has 33 heavy (non-hydrogen) atoms. The van der Waals surface area contributed by atoms with Crippen LogP contribution in [0.2, 0.25) is 0 Å². The quantitative estimate of drug-likeness (QED) is 0.221. The molecular weight excluding hydrogens is 474 g/mol. The van der Waals surface area contributed by atoms with Crippen LogP contribution < -0.4 is 11.5 Å². The molecule has 0 bridgehead atoms. The zero-order chi connectivity index (χ0) is 24.4. The fourth-order valence-corrected chi connectivity index (χ4v) is 6.23. The highest BCUT2D eigenvalue weighted by molar-refractivity contribution is 8.02. The molecule has 11 nitrogen and oxygen atoms in total. The molecule has 13 heteroatoms. The highest BCUT2D eigenvalue weighted by Crippen LogP contribution is 2.47. The van der Waals surface area contributed by atoms with E-state index in [4.69, 9.17) is 21.3 Å². The van der Waals surface area contributed by atoms with Gasteiger partial charge in [0.2, 0.25) is 11.8 Å². The lowest BCUT2D eigenvalue weighted by molar-refractivity contribution is -0.118. The van der Waals surface area contributed by atoms with Crippen LogP contribution in [0, 0.1) is 0 Å². The van der Waals surface area contributed by atoms with Crippen molar-refractivity contribution in [2.45, 2.75) is 53.7 Å². The van der Waals surface area contributed by atoms with Crippen LogP contribution in [0.25, 0.3) is 10.2 Å². The van der Waals surface area contributed by atoms with E-state index in [0.29, 0.717) is 4.34 Å².